The van der Waals surface area contributed by atoms with Crippen LogP contribution in [-0.4, -0.2) is 62.7 Å². The normalized spacial score (nSPS) is 23.8. The highest BCUT2D eigenvalue weighted by atomic mass is 35.5. The minimum Gasteiger partial charge on any atom is -0.497 e. The topological polar surface area (TPSA) is 82.1 Å². The van der Waals surface area contributed by atoms with Crippen molar-refractivity contribution in [2.75, 3.05) is 39.7 Å². The van der Waals surface area contributed by atoms with Crippen molar-refractivity contribution in [2.24, 2.45) is 5.92 Å². The summed E-state index contributed by atoms with van der Waals surface area (Å²) in [5.41, 5.74) is 2.20. The average Bonchev–Trinajstić information content (AvgIpc) is 2.97. The van der Waals surface area contributed by atoms with E-state index in [-0.39, 0.29) is 36.6 Å². The fourth-order valence-corrected chi connectivity index (χ4v) is 5.76. The van der Waals surface area contributed by atoms with E-state index in [1.54, 1.807) is 31.2 Å². The Kier molecular flexibility index (Phi) is 8.26. The molecule has 8 heteroatoms. The van der Waals surface area contributed by atoms with Crippen molar-refractivity contribution in [3.63, 3.8) is 0 Å². The Morgan fingerprint density at radius 3 is 2.78 bits per heavy atom. The van der Waals surface area contributed by atoms with Crippen molar-refractivity contribution < 1.29 is 19.4 Å². The Labute approximate surface area is 224 Å². The first-order chi connectivity index (χ1) is 17.6. The Morgan fingerprint density at radius 1 is 1.27 bits per heavy atom. The second-order valence-corrected chi connectivity index (χ2v) is 10.8. The van der Waals surface area contributed by atoms with Gasteiger partial charge >= 0.3 is 0 Å². The SMILES string of the molecule is COc1cccc(C2(O)CCC(NC(=O)CC3=CCC(=O)N(C)c4cc(Cl)ccc43)CC2CN(C)C)c1. The number of halogens is 1. The van der Waals surface area contributed by atoms with Crippen molar-refractivity contribution >= 4 is 34.7 Å². The molecule has 2 N–H and O–H groups in total. The van der Waals surface area contributed by atoms with Gasteiger partial charge in [0.1, 0.15) is 5.75 Å². The molecule has 1 saturated carbocycles. The summed E-state index contributed by atoms with van der Waals surface area (Å²) in [5, 5.41) is 15.6. The van der Waals surface area contributed by atoms with E-state index in [0.717, 1.165) is 16.7 Å². The summed E-state index contributed by atoms with van der Waals surface area (Å²) in [4.78, 5) is 29.4. The molecule has 198 valence electrons. The van der Waals surface area contributed by atoms with Crippen LogP contribution in [0.15, 0.2) is 48.5 Å². The third-order valence-corrected chi connectivity index (χ3v) is 7.79. The van der Waals surface area contributed by atoms with Crippen molar-refractivity contribution in [3.8, 4) is 5.75 Å². The molecule has 7 nitrogen and oxygen atoms in total. The molecule has 4 rings (SSSR count). The predicted molar refractivity (Wildman–Crippen MR) is 147 cm³/mol. The van der Waals surface area contributed by atoms with Gasteiger partial charge in [0.05, 0.1) is 24.8 Å². The molecule has 1 aliphatic heterocycles. The number of nitrogens with zero attached hydrogens (tertiary/aromatic N) is 2. The molecular weight excluding hydrogens is 490 g/mol. The largest absolute Gasteiger partial charge is 0.497 e. The van der Waals surface area contributed by atoms with Crippen LogP contribution in [0.2, 0.25) is 5.02 Å². The summed E-state index contributed by atoms with van der Waals surface area (Å²) in [6, 6.07) is 13.0. The molecule has 0 spiro atoms. The van der Waals surface area contributed by atoms with E-state index >= 15 is 0 Å². The highest BCUT2D eigenvalue weighted by Crippen LogP contribution is 2.43. The maximum absolute atomic E-state index is 13.2. The first kappa shape index (κ1) is 27.2. The number of amides is 2. The van der Waals surface area contributed by atoms with Gasteiger partial charge in [0, 0.05) is 42.6 Å². The van der Waals surface area contributed by atoms with Gasteiger partial charge in [0.25, 0.3) is 0 Å². The average molecular weight is 526 g/mol. The highest BCUT2D eigenvalue weighted by Gasteiger charge is 2.44. The van der Waals surface area contributed by atoms with E-state index in [4.69, 9.17) is 16.3 Å². The highest BCUT2D eigenvalue weighted by molar-refractivity contribution is 6.31. The number of nitrogens with one attached hydrogen (secondary N) is 1. The molecule has 0 radical (unpaired) electrons. The van der Waals surface area contributed by atoms with Gasteiger partial charge < -0.3 is 25.0 Å². The Balaban J connectivity index is 1.49. The molecule has 1 fully saturated rings. The standard InChI is InChI=1S/C29H36ClN3O4/c1-32(2)18-21-15-23(12-13-29(21,36)20-6-5-7-24(16-20)37-4)31-27(34)14-19-8-11-28(35)33(3)26-17-22(30)9-10-25(19)26/h5-10,16-17,21,23,36H,11-15,18H2,1-4H3,(H,31,34). The smallest absolute Gasteiger partial charge is 0.230 e. The molecule has 1 aliphatic carbocycles. The lowest BCUT2D eigenvalue weighted by Gasteiger charge is -2.44. The van der Waals surface area contributed by atoms with E-state index in [1.807, 2.05) is 50.5 Å². The van der Waals surface area contributed by atoms with E-state index in [1.165, 1.54) is 0 Å². The van der Waals surface area contributed by atoms with Gasteiger partial charge in [-0.05, 0) is 68.8 Å². The van der Waals surface area contributed by atoms with Gasteiger partial charge in [0.2, 0.25) is 11.8 Å². The molecule has 37 heavy (non-hydrogen) atoms. The Bertz CT molecular complexity index is 1200. The fraction of sp³-hybridized carbons (Fsp3) is 0.448. The summed E-state index contributed by atoms with van der Waals surface area (Å²) >= 11 is 6.19. The molecule has 2 amide bonds. The molecule has 2 aliphatic rings. The van der Waals surface area contributed by atoms with Crippen molar-refractivity contribution in [1.82, 2.24) is 10.2 Å². The lowest BCUT2D eigenvalue weighted by Crippen LogP contribution is -2.50. The van der Waals surface area contributed by atoms with Gasteiger partial charge in [-0.25, -0.2) is 0 Å². The van der Waals surface area contributed by atoms with E-state index < -0.39 is 5.60 Å². The van der Waals surface area contributed by atoms with Crippen LogP contribution in [0, 0.1) is 5.92 Å². The number of aliphatic hydroxyl groups is 1. The minimum absolute atomic E-state index is 0.0467. The summed E-state index contributed by atoms with van der Waals surface area (Å²) in [6.45, 7) is 0.688. The molecule has 3 unspecified atom stereocenters. The number of rotatable bonds is 7. The Hall–Kier alpha value is -2.87. The maximum atomic E-state index is 13.2. The van der Waals surface area contributed by atoms with Crippen LogP contribution in [0.1, 0.15) is 43.2 Å². The van der Waals surface area contributed by atoms with Gasteiger partial charge in [-0.3, -0.25) is 9.59 Å². The molecule has 0 aromatic heterocycles. The Morgan fingerprint density at radius 2 is 2.05 bits per heavy atom. The number of carbonyl (C=O) groups is 2. The second-order valence-electron chi connectivity index (χ2n) is 10.4. The minimum atomic E-state index is -1.01. The van der Waals surface area contributed by atoms with E-state index in [9.17, 15) is 14.7 Å². The van der Waals surface area contributed by atoms with Crippen molar-refractivity contribution in [3.05, 3.63) is 64.7 Å². The van der Waals surface area contributed by atoms with Crippen LogP contribution in [-0.2, 0) is 15.2 Å². The van der Waals surface area contributed by atoms with Gasteiger partial charge in [-0.15, -0.1) is 0 Å². The maximum Gasteiger partial charge on any atom is 0.230 e. The van der Waals surface area contributed by atoms with Crippen LogP contribution in [0.25, 0.3) is 5.57 Å². The number of methoxy groups -OCH3 is 1. The lowest BCUT2D eigenvalue weighted by atomic mass is 9.69. The number of benzene rings is 2. The lowest BCUT2D eigenvalue weighted by molar-refractivity contribution is -0.123. The molecular formula is C29H36ClN3O4. The summed E-state index contributed by atoms with van der Waals surface area (Å²) < 4.78 is 5.39. The van der Waals surface area contributed by atoms with Gasteiger partial charge in [0.15, 0.2) is 0 Å². The monoisotopic (exact) mass is 525 g/mol. The van der Waals surface area contributed by atoms with Crippen LogP contribution < -0.4 is 15.0 Å². The molecule has 0 saturated heterocycles. The molecule has 1 heterocycles. The van der Waals surface area contributed by atoms with Gasteiger partial charge in [-0.1, -0.05) is 35.9 Å². The van der Waals surface area contributed by atoms with Crippen LogP contribution >= 0.6 is 11.6 Å². The van der Waals surface area contributed by atoms with E-state index in [2.05, 4.69) is 10.2 Å². The fourth-order valence-electron chi connectivity index (χ4n) is 5.59. The van der Waals surface area contributed by atoms with E-state index in [0.29, 0.717) is 42.3 Å². The zero-order chi connectivity index (χ0) is 26.7. The summed E-state index contributed by atoms with van der Waals surface area (Å²) in [5.74, 6) is 0.506. The van der Waals surface area contributed by atoms with Crippen LogP contribution in [0.4, 0.5) is 5.69 Å². The third-order valence-electron chi connectivity index (χ3n) is 7.55. The number of hydrogen-bond acceptors (Lipinski definition) is 5. The van der Waals surface area contributed by atoms with Crippen LogP contribution in [0.5, 0.6) is 5.75 Å². The number of fused-ring (bicyclic) bond motifs is 1. The van der Waals surface area contributed by atoms with Crippen molar-refractivity contribution in [2.45, 2.75) is 43.7 Å². The zero-order valence-corrected chi connectivity index (χ0v) is 22.7. The summed E-state index contributed by atoms with van der Waals surface area (Å²) in [6.07, 6.45) is 4.10. The molecule has 3 atom stereocenters. The quantitative estimate of drug-likeness (QED) is 0.565. The van der Waals surface area contributed by atoms with Crippen molar-refractivity contribution in [1.29, 1.82) is 0 Å². The third kappa shape index (κ3) is 6.00. The molecule has 2 aromatic rings. The first-order valence-electron chi connectivity index (χ1n) is 12.7. The van der Waals surface area contributed by atoms with Gasteiger partial charge in [-0.2, -0.15) is 0 Å². The molecule has 2 aromatic carbocycles. The number of carbonyl (C=O) groups excluding carboxylic acids is 2. The number of hydrogen-bond donors (Lipinski definition) is 2. The second kappa shape index (κ2) is 11.3. The number of anilines is 1. The van der Waals surface area contributed by atoms with Crippen LogP contribution in [0.3, 0.4) is 0 Å². The zero-order valence-electron chi connectivity index (χ0n) is 22.0. The summed E-state index contributed by atoms with van der Waals surface area (Å²) in [7, 11) is 7.34. The molecule has 0 bridgehead atoms. The first-order valence-corrected chi connectivity index (χ1v) is 13.0. The number of ether oxygens (including phenoxy) is 1. The predicted octanol–water partition coefficient (Wildman–Crippen LogP) is 4.22.